The zero-order chi connectivity index (χ0) is 8.83. The van der Waals surface area contributed by atoms with Crippen molar-refractivity contribution in [1.82, 2.24) is 0 Å². The Morgan fingerprint density at radius 2 is 1.36 bits per heavy atom. The average molecular weight is 344 g/mol. The Kier molecular flexibility index (Phi) is 116. The van der Waals surface area contributed by atoms with Crippen molar-refractivity contribution in [3.05, 3.63) is 32.9 Å². The minimum atomic E-state index is 0. The van der Waals surface area contributed by atoms with Gasteiger partial charge in [0.25, 0.3) is 0 Å². The van der Waals surface area contributed by atoms with Crippen LogP contribution in [0.2, 0.25) is 0 Å². The van der Waals surface area contributed by atoms with Gasteiger partial charge in [0.15, 0.2) is 0 Å². The van der Waals surface area contributed by atoms with Crippen LogP contribution in [-0.4, -0.2) is 6.54 Å². The minimum Gasteiger partial charge on any atom is -0.679 e. The van der Waals surface area contributed by atoms with Crippen LogP contribution in [0.15, 0.2) is 10.7 Å². The maximum absolute atomic E-state index is 8.00. The molecule has 0 spiro atoms. The number of nitrogens with one attached hydrogen (secondary N) is 1. The van der Waals surface area contributed by atoms with Crippen molar-refractivity contribution in [2.75, 3.05) is 6.54 Å². The molecule has 0 bridgehead atoms. The Labute approximate surface area is 78.1 Å². The van der Waals surface area contributed by atoms with Gasteiger partial charge in [-0.3, -0.25) is 0 Å². The average Bonchev–Trinajstić information content (AvgIpc) is 1.91. The van der Waals surface area contributed by atoms with Gasteiger partial charge >= 0.3 is 21.1 Å². The number of hydrogen-bond acceptors (Lipinski definition) is 6. The van der Waals surface area contributed by atoms with Crippen LogP contribution in [0.3, 0.4) is 0 Å². The molecule has 8 heteroatoms. The number of hydrogen-bond donors (Lipinski definition) is 0. The molecule has 0 radical (unpaired) electrons. The molecule has 0 rings (SSSR count). The van der Waals surface area contributed by atoms with E-state index < -0.39 is 0 Å². The maximum Gasteiger partial charge on any atom is 2.00 e. The summed E-state index contributed by atoms with van der Waals surface area (Å²) in [6.07, 6.45) is 0.736. The van der Waals surface area contributed by atoms with Crippen LogP contribution in [-0.2, 0) is 21.1 Å². The Morgan fingerprint density at radius 3 is 1.36 bits per heavy atom. The van der Waals surface area contributed by atoms with E-state index >= 15 is 0 Å². The van der Waals surface area contributed by atoms with Gasteiger partial charge in [-0.2, -0.15) is 6.54 Å². The molecule has 0 aliphatic carbocycles. The summed E-state index contributed by atoms with van der Waals surface area (Å²) in [6.45, 7) is 3.88. The molecule has 0 atom stereocenters. The molecule has 0 saturated carbocycles. The van der Waals surface area contributed by atoms with Gasteiger partial charge in [-0.25, -0.2) is 6.42 Å². The normalized spacial score (nSPS) is 4.91. The molecule has 11 heavy (non-hydrogen) atoms. The monoisotopic (exact) mass is 344 g/mol. The Bertz CT molecular complexity index is 56.5. The van der Waals surface area contributed by atoms with Crippen LogP contribution in [0.5, 0.6) is 0 Å². The van der Waals surface area contributed by atoms with Crippen molar-refractivity contribution in [2.24, 2.45) is 10.7 Å². The smallest absolute Gasteiger partial charge is 0.679 e. The first-order valence-corrected chi connectivity index (χ1v) is 2.08. The third-order valence-electron chi connectivity index (χ3n) is 0.177. The van der Waals surface area contributed by atoms with Crippen molar-refractivity contribution >= 4 is 0 Å². The summed E-state index contributed by atoms with van der Waals surface area (Å²) in [4.78, 5) is 16.0. The third-order valence-corrected chi connectivity index (χ3v) is 0.177. The van der Waals surface area contributed by atoms with E-state index in [4.69, 9.17) is 26.0 Å². The third kappa shape index (κ3) is 2610. The summed E-state index contributed by atoms with van der Waals surface area (Å²) in [6, 6.07) is 0. The molecule has 0 amide bonds. The zero-order valence-electron chi connectivity index (χ0n) is 5.46. The molecule has 0 aromatic carbocycles. The molecule has 0 saturated heterocycles. The fourth-order valence-electron chi connectivity index (χ4n) is 0. The predicted molar refractivity (Wildman–Crippen MR) is 37.5 cm³/mol. The molecule has 7 nitrogen and oxygen atoms in total. The molecule has 1 N–H and O–H groups in total. The van der Waals surface area contributed by atoms with Gasteiger partial charge in [-0.05, 0) is 0 Å². The fourth-order valence-corrected chi connectivity index (χ4v) is 0. The molecule has 70 valence electrons. The van der Waals surface area contributed by atoms with Crippen molar-refractivity contribution in [2.45, 2.75) is 6.42 Å². The second-order valence-corrected chi connectivity index (χ2v) is 0.753. The van der Waals surface area contributed by atoms with Crippen molar-refractivity contribution in [3.63, 3.8) is 0 Å². The summed E-state index contributed by atoms with van der Waals surface area (Å²) in [5.41, 5.74) is 6.39. The molecule has 0 aliphatic heterocycles. The van der Waals surface area contributed by atoms with E-state index in [0.717, 1.165) is 17.1 Å². The summed E-state index contributed by atoms with van der Waals surface area (Å²) in [5.74, 6) is 0. The maximum atomic E-state index is 8.00. The predicted octanol–water partition coefficient (Wildman–Crippen LogP) is 1.76. The molecule has 0 aliphatic rings. The van der Waals surface area contributed by atoms with E-state index in [1.807, 2.05) is 0 Å². The van der Waals surface area contributed by atoms with Gasteiger partial charge in [-0.15, -0.1) is 10.7 Å². The topological polar surface area (TPSA) is 129 Å². The van der Waals surface area contributed by atoms with Crippen LogP contribution in [0.1, 0.15) is 6.42 Å². The van der Waals surface area contributed by atoms with E-state index in [1.165, 1.54) is 0 Å². The van der Waals surface area contributed by atoms with E-state index in [2.05, 4.69) is 6.92 Å². The van der Waals surface area contributed by atoms with Crippen molar-refractivity contribution in [3.8, 4) is 0 Å². The van der Waals surface area contributed by atoms with Crippen LogP contribution in [0, 0.1) is 27.2 Å². The quantitative estimate of drug-likeness (QED) is 0.407. The Morgan fingerprint density at radius 1 is 1.27 bits per heavy atom. The van der Waals surface area contributed by atoms with Gasteiger partial charge in [0.05, 0.1) is 0 Å². The fraction of sp³-hybridized carbons (Fsp3) is 0.667. The number of rotatable bonds is 1. The second kappa shape index (κ2) is 56.7. The van der Waals surface area contributed by atoms with E-state index in [9.17, 15) is 0 Å². The first-order valence-electron chi connectivity index (χ1n) is 2.08. The first kappa shape index (κ1) is 22.4. The van der Waals surface area contributed by atoms with E-state index in [1.54, 1.807) is 0 Å². The van der Waals surface area contributed by atoms with Crippen molar-refractivity contribution in [1.29, 1.82) is 0 Å². The van der Waals surface area contributed by atoms with Crippen LogP contribution in [0.25, 0.3) is 5.73 Å². The van der Waals surface area contributed by atoms with Gasteiger partial charge in [0, 0.05) is 0 Å². The van der Waals surface area contributed by atoms with Gasteiger partial charge in [0.2, 0.25) is 0 Å². The van der Waals surface area contributed by atoms with Gasteiger partial charge < -0.3 is 32.9 Å². The molecular formula is C3H7N3O4Pt-2. The summed E-state index contributed by atoms with van der Waals surface area (Å²) >= 11 is 0. The van der Waals surface area contributed by atoms with E-state index in [0.29, 0.717) is 6.54 Å². The van der Waals surface area contributed by atoms with Crippen LogP contribution in [0.4, 0.5) is 0 Å². The van der Waals surface area contributed by atoms with Crippen molar-refractivity contribution < 1.29 is 21.1 Å². The largest absolute Gasteiger partial charge is 2.00 e. The Balaban J connectivity index is -0.0000000325. The zero-order valence-corrected chi connectivity index (χ0v) is 7.74. The molecule has 0 heterocycles. The van der Waals surface area contributed by atoms with Gasteiger partial charge in [0.1, 0.15) is 0 Å². The van der Waals surface area contributed by atoms with Gasteiger partial charge in [-0.1, -0.05) is 0 Å². The summed E-state index contributed by atoms with van der Waals surface area (Å²) in [7, 11) is 0. The molecule has 0 fully saturated rings. The van der Waals surface area contributed by atoms with Crippen LogP contribution >= 0.6 is 0 Å². The Hall–Kier alpha value is -0.552. The summed E-state index contributed by atoms with van der Waals surface area (Å²) in [5, 5.41) is 18.0. The number of nitrogens with zero attached hydrogens (tertiary/aromatic N) is 2. The minimum absolute atomic E-state index is 0. The molecule has 0 unspecified atom stereocenters. The molecule has 0 aromatic heterocycles. The standard InChI is InChI=1S/C3H7N.2HNO2.Pt/c1-2-3-4;2*2-1-3;/h4H,1-3H2;2*(H,2,3);/q-2;;;+2/p-2. The summed E-state index contributed by atoms with van der Waals surface area (Å²) < 4.78 is 0. The second-order valence-electron chi connectivity index (χ2n) is 0.753. The first-order chi connectivity index (χ1) is 4.74. The molecule has 0 aromatic rings. The molecular weight excluding hydrogens is 337 g/mol. The van der Waals surface area contributed by atoms with Crippen LogP contribution < -0.4 is 0 Å². The SMILES string of the molecule is O=N[O-].O=N[O-].[CH2-]CC[NH-].[Pt+2]. The van der Waals surface area contributed by atoms with E-state index in [-0.39, 0.29) is 21.1 Å².